The summed E-state index contributed by atoms with van der Waals surface area (Å²) < 4.78 is 5.71. The van der Waals surface area contributed by atoms with Gasteiger partial charge in [-0.25, -0.2) is 0 Å². The maximum absolute atomic E-state index is 10.6. The van der Waals surface area contributed by atoms with Crippen molar-refractivity contribution in [2.75, 3.05) is 26.2 Å². The Labute approximate surface area is 88.6 Å². The second-order valence-corrected chi connectivity index (χ2v) is 4.53. The molecule has 0 saturated carbocycles. The monoisotopic (exact) mass is 215 g/mol. The maximum Gasteiger partial charge on any atom is 0.317 e. The smallest absolute Gasteiger partial charge is 0.317 e. The van der Waals surface area contributed by atoms with Crippen molar-refractivity contribution in [3.63, 3.8) is 0 Å². The van der Waals surface area contributed by atoms with Crippen LogP contribution in [-0.4, -0.2) is 59.0 Å². The Morgan fingerprint density at radius 1 is 1.60 bits per heavy atom. The van der Waals surface area contributed by atoms with E-state index in [9.17, 15) is 9.90 Å². The Hall–Kier alpha value is -0.650. The van der Waals surface area contributed by atoms with Crippen LogP contribution in [-0.2, 0) is 9.53 Å². The van der Waals surface area contributed by atoms with Gasteiger partial charge >= 0.3 is 5.97 Å². The Morgan fingerprint density at radius 2 is 2.40 bits per heavy atom. The van der Waals surface area contributed by atoms with Gasteiger partial charge in [0.05, 0.1) is 18.2 Å². The van der Waals surface area contributed by atoms with Crippen LogP contribution in [0, 0.1) is 0 Å². The minimum absolute atomic E-state index is 0.0706. The zero-order valence-electron chi connectivity index (χ0n) is 8.69. The van der Waals surface area contributed by atoms with Gasteiger partial charge < -0.3 is 14.9 Å². The summed E-state index contributed by atoms with van der Waals surface area (Å²) in [6.45, 7) is 2.04. The van der Waals surface area contributed by atoms with Gasteiger partial charge in [-0.05, 0) is 12.8 Å². The van der Waals surface area contributed by atoms with Crippen LogP contribution in [0.2, 0.25) is 0 Å². The predicted molar refractivity (Wildman–Crippen MR) is 52.6 cm³/mol. The van der Waals surface area contributed by atoms with Crippen LogP contribution in [0.4, 0.5) is 0 Å². The predicted octanol–water partition coefficient (Wildman–Crippen LogP) is -0.313. The summed E-state index contributed by atoms with van der Waals surface area (Å²) >= 11 is 0. The van der Waals surface area contributed by atoms with Gasteiger partial charge in [0.2, 0.25) is 0 Å². The molecule has 0 aromatic carbocycles. The number of carbonyl (C=O) groups is 1. The van der Waals surface area contributed by atoms with Crippen LogP contribution < -0.4 is 0 Å². The average molecular weight is 215 g/mol. The van der Waals surface area contributed by atoms with E-state index in [1.165, 1.54) is 0 Å². The SMILES string of the molecule is O=C(O)CN1CC[C@@]2(C[C@@H](O)CCO2)C1. The molecule has 0 radical (unpaired) electrons. The fraction of sp³-hybridized carbons (Fsp3) is 0.900. The highest BCUT2D eigenvalue weighted by atomic mass is 16.5. The normalized spacial score (nSPS) is 37.3. The number of hydrogen-bond acceptors (Lipinski definition) is 4. The zero-order valence-corrected chi connectivity index (χ0v) is 8.69. The summed E-state index contributed by atoms with van der Waals surface area (Å²) in [6, 6.07) is 0. The third-order valence-corrected chi connectivity index (χ3v) is 3.22. The van der Waals surface area contributed by atoms with E-state index in [1.807, 2.05) is 4.90 Å². The van der Waals surface area contributed by atoms with Gasteiger partial charge in [-0.1, -0.05) is 0 Å². The second kappa shape index (κ2) is 4.08. The van der Waals surface area contributed by atoms with Crippen LogP contribution in [0.3, 0.4) is 0 Å². The highest BCUT2D eigenvalue weighted by Gasteiger charge is 2.43. The molecule has 0 bridgehead atoms. The molecule has 2 fully saturated rings. The van der Waals surface area contributed by atoms with Crippen LogP contribution in [0.5, 0.6) is 0 Å². The molecular formula is C10H17NO4. The molecule has 2 heterocycles. The van der Waals surface area contributed by atoms with Gasteiger partial charge in [0.15, 0.2) is 0 Å². The van der Waals surface area contributed by atoms with E-state index in [0.29, 0.717) is 26.0 Å². The topological polar surface area (TPSA) is 70.0 Å². The lowest BCUT2D eigenvalue weighted by Gasteiger charge is -2.36. The minimum atomic E-state index is -0.802. The molecule has 0 aliphatic carbocycles. The van der Waals surface area contributed by atoms with Gasteiger partial charge in [-0.15, -0.1) is 0 Å². The summed E-state index contributed by atoms with van der Waals surface area (Å²) in [6.07, 6.45) is 1.88. The minimum Gasteiger partial charge on any atom is -0.480 e. The first-order chi connectivity index (χ1) is 7.10. The average Bonchev–Trinajstić information content (AvgIpc) is 2.47. The molecule has 0 amide bonds. The van der Waals surface area contributed by atoms with Gasteiger partial charge in [-0.2, -0.15) is 0 Å². The fourth-order valence-electron chi connectivity index (χ4n) is 2.54. The van der Waals surface area contributed by atoms with E-state index in [-0.39, 0.29) is 18.2 Å². The number of nitrogens with zero attached hydrogens (tertiary/aromatic N) is 1. The number of ether oxygens (including phenoxy) is 1. The lowest BCUT2D eigenvalue weighted by atomic mass is 9.91. The molecule has 2 rings (SSSR count). The summed E-state index contributed by atoms with van der Waals surface area (Å²) in [7, 11) is 0. The molecule has 0 unspecified atom stereocenters. The third kappa shape index (κ3) is 2.48. The molecule has 2 aliphatic heterocycles. The zero-order chi connectivity index (χ0) is 10.9. The second-order valence-electron chi connectivity index (χ2n) is 4.53. The van der Waals surface area contributed by atoms with E-state index in [0.717, 1.165) is 13.0 Å². The molecule has 2 atom stereocenters. The van der Waals surface area contributed by atoms with Gasteiger partial charge in [0.1, 0.15) is 0 Å². The van der Waals surface area contributed by atoms with Crippen molar-refractivity contribution in [2.45, 2.75) is 31.0 Å². The molecule has 0 aromatic heterocycles. The van der Waals surface area contributed by atoms with Crippen molar-refractivity contribution in [1.29, 1.82) is 0 Å². The number of likely N-dealkylation sites (tertiary alicyclic amines) is 1. The molecule has 0 aromatic rings. The van der Waals surface area contributed by atoms with Crippen LogP contribution in [0.25, 0.3) is 0 Å². The first-order valence-corrected chi connectivity index (χ1v) is 5.36. The quantitative estimate of drug-likeness (QED) is 0.661. The summed E-state index contributed by atoms with van der Waals surface area (Å²) in [4.78, 5) is 12.4. The Kier molecular flexibility index (Phi) is 2.95. The largest absolute Gasteiger partial charge is 0.480 e. The first kappa shape index (κ1) is 10.9. The molecule has 5 heteroatoms. The van der Waals surface area contributed by atoms with Crippen LogP contribution in [0.1, 0.15) is 19.3 Å². The summed E-state index contributed by atoms with van der Waals surface area (Å²) in [5, 5.41) is 18.3. The van der Waals surface area contributed by atoms with E-state index in [4.69, 9.17) is 9.84 Å². The number of aliphatic hydroxyl groups is 1. The number of carboxylic acid groups (broad SMARTS) is 1. The number of hydrogen-bond donors (Lipinski definition) is 2. The van der Waals surface area contributed by atoms with Crippen molar-refractivity contribution in [3.05, 3.63) is 0 Å². The third-order valence-electron chi connectivity index (χ3n) is 3.22. The Bertz CT molecular complexity index is 258. The lowest BCUT2D eigenvalue weighted by molar-refractivity contribution is -0.139. The molecule has 2 N–H and O–H groups in total. The molecule has 2 aliphatic rings. The number of rotatable bonds is 2. The summed E-state index contributed by atoms with van der Waals surface area (Å²) in [5.41, 5.74) is -0.285. The van der Waals surface area contributed by atoms with Gasteiger partial charge in [0.25, 0.3) is 0 Å². The van der Waals surface area contributed by atoms with Crippen LogP contribution in [0.15, 0.2) is 0 Å². The van der Waals surface area contributed by atoms with Crippen molar-refractivity contribution >= 4 is 5.97 Å². The van der Waals surface area contributed by atoms with E-state index >= 15 is 0 Å². The number of carboxylic acids is 1. The van der Waals surface area contributed by atoms with Crippen molar-refractivity contribution in [1.82, 2.24) is 4.90 Å². The Balaban J connectivity index is 1.92. The molecule has 1 spiro atoms. The highest BCUT2D eigenvalue weighted by Crippen LogP contribution is 2.33. The van der Waals surface area contributed by atoms with Crippen molar-refractivity contribution in [2.24, 2.45) is 0 Å². The first-order valence-electron chi connectivity index (χ1n) is 5.36. The molecule has 86 valence electrons. The van der Waals surface area contributed by atoms with E-state index in [1.54, 1.807) is 0 Å². The van der Waals surface area contributed by atoms with Crippen molar-refractivity contribution < 1.29 is 19.7 Å². The highest BCUT2D eigenvalue weighted by molar-refractivity contribution is 5.69. The standard InChI is InChI=1S/C10H17NO4/c12-8-1-4-15-10(5-8)2-3-11(7-10)6-9(13)14/h8,12H,1-7H2,(H,13,14)/t8-,10+/m0/s1. The molecule has 15 heavy (non-hydrogen) atoms. The number of aliphatic carboxylic acids is 1. The van der Waals surface area contributed by atoms with E-state index in [2.05, 4.69) is 0 Å². The van der Waals surface area contributed by atoms with Crippen LogP contribution >= 0.6 is 0 Å². The maximum atomic E-state index is 10.6. The lowest BCUT2D eigenvalue weighted by Crippen LogP contribution is -2.44. The number of aliphatic hydroxyl groups excluding tert-OH is 1. The fourth-order valence-corrected chi connectivity index (χ4v) is 2.54. The summed E-state index contributed by atoms with van der Waals surface area (Å²) in [5.74, 6) is -0.802. The van der Waals surface area contributed by atoms with Crippen molar-refractivity contribution in [3.8, 4) is 0 Å². The molecular weight excluding hydrogens is 198 g/mol. The Morgan fingerprint density at radius 3 is 3.07 bits per heavy atom. The van der Waals surface area contributed by atoms with Gasteiger partial charge in [0, 0.05) is 26.1 Å². The van der Waals surface area contributed by atoms with E-state index < -0.39 is 5.97 Å². The van der Waals surface area contributed by atoms with Gasteiger partial charge in [-0.3, -0.25) is 9.69 Å². The molecule has 2 saturated heterocycles. The molecule has 5 nitrogen and oxygen atoms in total.